The smallest absolute Gasteiger partial charge is 0.182 e. The molecule has 0 aliphatic rings. The predicted molar refractivity (Wildman–Crippen MR) is 54.7 cm³/mol. The first-order valence-corrected chi connectivity index (χ1v) is 4.48. The summed E-state index contributed by atoms with van der Waals surface area (Å²) >= 11 is 0. The van der Waals surface area contributed by atoms with E-state index >= 15 is 0 Å². The molecule has 0 atom stereocenters. The molecular formula is C10H14N4. The fourth-order valence-corrected chi connectivity index (χ4v) is 0.898. The van der Waals surface area contributed by atoms with E-state index < -0.39 is 0 Å². The van der Waals surface area contributed by atoms with Crippen LogP contribution in [0.3, 0.4) is 0 Å². The molecule has 0 spiro atoms. The monoisotopic (exact) mass is 190 g/mol. The third-order valence-corrected chi connectivity index (χ3v) is 1.59. The molecule has 1 heterocycles. The zero-order chi connectivity index (χ0) is 10.6. The number of aromatic nitrogens is 2. The number of anilines is 1. The first-order chi connectivity index (χ1) is 6.53. The minimum absolute atomic E-state index is 0.157. The van der Waals surface area contributed by atoms with Gasteiger partial charge in [-0.15, -0.1) is 0 Å². The summed E-state index contributed by atoms with van der Waals surface area (Å²) in [6, 6.07) is 2.00. The average molecular weight is 190 g/mol. The van der Waals surface area contributed by atoms with E-state index in [1.54, 1.807) is 6.20 Å². The van der Waals surface area contributed by atoms with Crippen LogP contribution in [-0.4, -0.2) is 16.5 Å². The van der Waals surface area contributed by atoms with Gasteiger partial charge in [0, 0.05) is 18.9 Å². The van der Waals surface area contributed by atoms with Crippen molar-refractivity contribution in [2.75, 3.05) is 11.9 Å². The van der Waals surface area contributed by atoms with Crippen molar-refractivity contribution in [1.82, 2.24) is 9.97 Å². The molecule has 0 aliphatic carbocycles. The maximum absolute atomic E-state index is 8.76. The van der Waals surface area contributed by atoms with Crippen molar-refractivity contribution in [2.45, 2.75) is 20.8 Å². The summed E-state index contributed by atoms with van der Waals surface area (Å²) in [7, 11) is 0. The summed E-state index contributed by atoms with van der Waals surface area (Å²) < 4.78 is 0. The highest BCUT2D eigenvalue weighted by Crippen LogP contribution is 2.15. The van der Waals surface area contributed by atoms with Crippen LogP contribution in [0.25, 0.3) is 0 Å². The summed E-state index contributed by atoms with van der Waals surface area (Å²) in [6.07, 6.45) is 3.09. The molecule has 14 heavy (non-hydrogen) atoms. The highest BCUT2D eigenvalue weighted by molar-refractivity contribution is 5.46. The Bertz CT molecular complexity index is 346. The van der Waals surface area contributed by atoms with Gasteiger partial charge in [0.15, 0.2) is 11.5 Å². The fourth-order valence-electron chi connectivity index (χ4n) is 0.898. The van der Waals surface area contributed by atoms with Crippen LogP contribution in [0.5, 0.6) is 0 Å². The van der Waals surface area contributed by atoms with Crippen LogP contribution in [0.1, 0.15) is 26.5 Å². The Morgan fingerprint density at radius 2 is 2.00 bits per heavy atom. The van der Waals surface area contributed by atoms with Gasteiger partial charge in [0.25, 0.3) is 0 Å². The van der Waals surface area contributed by atoms with Crippen molar-refractivity contribution >= 4 is 5.82 Å². The number of rotatable bonds is 2. The van der Waals surface area contributed by atoms with Gasteiger partial charge in [0.1, 0.15) is 6.07 Å². The van der Waals surface area contributed by atoms with Crippen LogP contribution in [0.2, 0.25) is 0 Å². The summed E-state index contributed by atoms with van der Waals surface area (Å²) in [5.41, 5.74) is 0.501. The Kier molecular flexibility index (Phi) is 3.03. The van der Waals surface area contributed by atoms with Gasteiger partial charge in [-0.25, -0.2) is 9.97 Å². The second-order valence-corrected chi connectivity index (χ2v) is 4.28. The minimum atomic E-state index is 0.157. The van der Waals surface area contributed by atoms with Gasteiger partial charge in [-0.1, -0.05) is 20.8 Å². The lowest BCUT2D eigenvalue weighted by Gasteiger charge is -2.19. The highest BCUT2D eigenvalue weighted by Gasteiger charge is 2.11. The molecule has 0 radical (unpaired) electrons. The predicted octanol–water partition coefficient (Wildman–Crippen LogP) is 1.81. The summed E-state index contributed by atoms with van der Waals surface area (Å²) in [5, 5.41) is 11.9. The number of nitriles is 1. The van der Waals surface area contributed by atoms with Crippen LogP contribution in [-0.2, 0) is 0 Å². The first kappa shape index (κ1) is 10.5. The van der Waals surface area contributed by atoms with Gasteiger partial charge in [0.2, 0.25) is 0 Å². The minimum Gasteiger partial charge on any atom is -0.367 e. The van der Waals surface area contributed by atoms with Crippen LogP contribution >= 0.6 is 0 Å². The van der Waals surface area contributed by atoms with E-state index in [-0.39, 0.29) is 5.41 Å². The molecule has 0 unspecified atom stereocenters. The lowest BCUT2D eigenvalue weighted by Crippen LogP contribution is -2.20. The maximum Gasteiger partial charge on any atom is 0.182 e. The largest absolute Gasteiger partial charge is 0.367 e. The molecule has 0 saturated heterocycles. The summed E-state index contributed by atoms with van der Waals surface area (Å²) in [6.45, 7) is 7.10. The van der Waals surface area contributed by atoms with Crippen molar-refractivity contribution in [3.8, 4) is 6.07 Å². The third-order valence-electron chi connectivity index (χ3n) is 1.59. The lowest BCUT2D eigenvalue weighted by molar-refractivity contribution is 0.442. The highest BCUT2D eigenvalue weighted by atomic mass is 15.0. The SMILES string of the molecule is CC(C)(C)CNc1nccnc1C#N. The molecule has 1 rings (SSSR count). The van der Waals surface area contributed by atoms with E-state index in [9.17, 15) is 0 Å². The van der Waals surface area contributed by atoms with Crippen LogP contribution in [0, 0.1) is 16.7 Å². The van der Waals surface area contributed by atoms with Gasteiger partial charge in [-0.05, 0) is 5.41 Å². The number of hydrogen-bond acceptors (Lipinski definition) is 4. The quantitative estimate of drug-likeness (QED) is 0.772. The first-order valence-electron chi connectivity index (χ1n) is 4.48. The van der Waals surface area contributed by atoms with E-state index in [4.69, 9.17) is 5.26 Å². The molecule has 4 nitrogen and oxygen atoms in total. The maximum atomic E-state index is 8.76. The normalized spacial score (nSPS) is 10.7. The molecule has 0 amide bonds. The van der Waals surface area contributed by atoms with Crippen molar-refractivity contribution in [3.05, 3.63) is 18.1 Å². The van der Waals surface area contributed by atoms with E-state index in [1.807, 2.05) is 6.07 Å². The summed E-state index contributed by atoms with van der Waals surface area (Å²) in [4.78, 5) is 7.97. The molecule has 74 valence electrons. The zero-order valence-electron chi connectivity index (χ0n) is 8.70. The molecule has 1 N–H and O–H groups in total. The Morgan fingerprint density at radius 1 is 1.36 bits per heavy atom. The summed E-state index contributed by atoms with van der Waals surface area (Å²) in [5.74, 6) is 0.560. The molecule has 0 fully saturated rings. The van der Waals surface area contributed by atoms with Crippen LogP contribution in [0.4, 0.5) is 5.82 Å². The van der Waals surface area contributed by atoms with Crippen LogP contribution < -0.4 is 5.32 Å². The fraction of sp³-hybridized carbons (Fsp3) is 0.500. The van der Waals surface area contributed by atoms with Crippen molar-refractivity contribution in [1.29, 1.82) is 5.26 Å². The molecule has 0 aromatic carbocycles. The Morgan fingerprint density at radius 3 is 2.57 bits per heavy atom. The molecule has 4 heteroatoms. The second-order valence-electron chi connectivity index (χ2n) is 4.28. The number of hydrogen-bond donors (Lipinski definition) is 1. The molecule has 0 aliphatic heterocycles. The molecule has 1 aromatic heterocycles. The van der Waals surface area contributed by atoms with E-state index in [2.05, 4.69) is 36.1 Å². The van der Waals surface area contributed by atoms with Crippen molar-refractivity contribution in [2.24, 2.45) is 5.41 Å². The van der Waals surface area contributed by atoms with Gasteiger partial charge in [0.05, 0.1) is 0 Å². The van der Waals surface area contributed by atoms with E-state index in [0.29, 0.717) is 11.5 Å². The average Bonchev–Trinajstić information content (AvgIpc) is 2.14. The van der Waals surface area contributed by atoms with Gasteiger partial charge < -0.3 is 5.32 Å². The molecular weight excluding hydrogens is 176 g/mol. The zero-order valence-corrected chi connectivity index (χ0v) is 8.70. The van der Waals surface area contributed by atoms with Crippen molar-refractivity contribution < 1.29 is 0 Å². The third kappa shape index (κ3) is 3.02. The topological polar surface area (TPSA) is 61.6 Å². The van der Waals surface area contributed by atoms with Crippen LogP contribution in [0.15, 0.2) is 12.4 Å². The van der Waals surface area contributed by atoms with Gasteiger partial charge in [-0.3, -0.25) is 0 Å². The van der Waals surface area contributed by atoms with Crippen molar-refractivity contribution in [3.63, 3.8) is 0 Å². The Labute approximate surface area is 84.0 Å². The number of nitrogens with one attached hydrogen (secondary N) is 1. The standard InChI is InChI=1S/C10H14N4/c1-10(2,3)7-14-9-8(6-11)12-4-5-13-9/h4-5H,7H2,1-3H3,(H,13,14). The molecule has 0 saturated carbocycles. The van der Waals surface area contributed by atoms with E-state index in [0.717, 1.165) is 6.54 Å². The van der Waals surface area contributed by atoms with E-state index in [1.165, 1.54) is 6.20 Å². The Balaban J connectivity index is 2.73. The van der Waals surface area contributed by atoms with Gasteiger partial charge in [-0.2, -0.15) is 5.26 Å². The second kappa shape index (κ2) is 4.05. The molecule has 1 aromatic rings. The van der Waals surface area contributed by atoms with Gasteiger partial charge >= 0.3 is 0 Å². The molecule has 0 bridgehead atoms. The number of nitrogens with zero attached hydrogens (tertiary/aromatic N) is 3. The Hall–Kier alpha value is -1.63. The lowest BCUT2D eigenvalue weighted by atomic mass is 9.97.